The zero-order valence-electron chi connectivity index (χ0n) is 12.1. The summed E-state index contributed by atoms with van der Waals surface area (Å²) in [5.41, 5.74) is 3.94. The third-order valence-corrected chi connectivity index (χ3v) is 3.36. The number of hydrogen-bond acceptors (Lipinski definition) is 4. The first kappa shape index (κ1) is 15.1. The second-order valence-electron chi connectivity index (χ2n) is 5.08. The fourth-order valence-corrected chi connectivity index (χ4v) is 2.01. The van der Waals surface area contributed by atoms with Crippen molar-refractivity contribution >= 4 is 17.5 Å². The summed E-state index contributed by atoms with van der Waals surface area (Å²) < 4.78 is 0. The zero-order chi connectivity index (χ0) is 15.1. The summed E-state index contributed by atoms with van der Waals surface area (Å²) in [6.45, 7) is 2.22. The van der Waals surface area contributed by atoms with Crippen LogP contribution in [0.1, 0.15) is 18.5 Å². The van der Waals surface area contributed by atoms with Gasteiger partial charge in [0.1, 0.15) is 0 Å². The maximum Gasteiger partial charge on any atom is 0.329 e. The van der Waals surface area contributed by atoms with E-state index in [1.807, 2.05) is 6.07 Å². The standard InChI is InChI=1S/C14H19N5O2/c1-19-8-5-11(6-9-19)17-18-14(21)13(20)16-10-12-4-2-3-7-15-12/h2-4,7H,5-6,8-10H2,1H3,(H,16,20)(H,18,21)/p+1. The van der Waals surface area contributed by atoms with Crippen LogP contribution in [0.4, 0.5) is 0 Å². The van der Waals surface area contributed by atoms with Crippen LogP contribution < -0.4 is 15.6 Å². The molecule has 1 saturated heterocycles. The van der Waals surface area contributed by atoms with Gasteiger partial charge in [-0.2, -0.15) is 5.10 Å². The molecule has 0 atom stereocenters. The second kappa shape index (κ2) is 7.49. The normalized spacial score (nSPS) is 18.0. The molecule has 0 radical (unpaired) electrons. The molecule has 1 aliphatic rings. The SMILES string of the molecule is C[NH+]1CCC(=NNC(=O)C(=O)NCc2ccccn2)CC1. The summed E-state index contributed by atoms with van der Waals surface area (Å²) in [7, 11) is 2.13. The van der Waals surface area contributed by atoms with Crippen LogP contribution in [0.15, 0.2) is 29.5 Å². The number of aromatic nitrogens is 1. The molecule has 0 unspecified atom stereocenters. The minimum Gasteiger partial charge on any atom is -0.342 e. The van der Waals surface area contributed by atoms with E-state index in [2.05, 4.69) is 27.9 Å². The van der Waals surface area contributed by atoms with E-state index in [-0.39, 0.29) is 6.54 Å². The highest BCUT2D eigenvalue weighted by atomic mass is 16.2. The molecule has 1 fully saturated rings. The van der Waals surface area contributed by atoms with E-state index >= 15 is 0 Å². The number of hydrazone groups is 1. The summed E-state index contributed by atoms with van der Waals surface area (Å²) >= 11 is 0. The second-order valence-corrected chi connectivity index (χ2v) is 5.08. The summed E-state index contributed by atoms with van der Waals surface area (Å²) in [6.07, 6.45) is 3.33. The van der Waals surface area contributed by atoms with Gasteiger partial charge in [0.25, 0.3) is 0 Å². The Morgan fingerprint density at radius 3 is 2.71 bits per heavy atom. The van der Waals surface area contributed by atoms with E-state index < -0.39 is 11.8 Å². The van der Waals surface area contributed by atoms with Crippen LogP contribution in [-0.2, 0) is 16.1 Å². The average molecular weight is 290 g/mol. The molecule has 0 bridgehead atoms. The molecule has 3 N–H and O–H groups in total. The first-order valence-electron chi connectivity index (χ1n) is 7.00. The lowest BCUT2D eigenvalue weighted by molar-refractivity contribution is -0.880. The molecular weight excluding hydrogens is 270 g/mol. The van der Waals surface area contributed by atoms with Crippen LogP contribution in [0, 0.1) is 0 Å². The molecule has 112 valence electrons. The van der Waals surface area contributed by atoms with Crippen molar-refractivity contribution in [2.75, 3.05) is 20.1 Å². The first-order chi connectivity index (χ1) is 10.1. The molecule has 7 heteroatoms. The number of carbonyl (C=O) groups excluding carboxylic acids is 2. The number of nitrogens with one attached hydrogen (secondary N) is 3. The molecule has 2 rings (SSSR count). The zero-order valence-corrected chi connectivity index (χ0v) is 12.1. The lowest BCUT2D eigenvalue weighted by atomic mass is 10.1. The fraction of sp³-hybridized carbons (Fsp3) is 0.429. The van der Waals surface area contributed by atoms with Crippen molar-refractivity contribution in [1.82, 2.24) is 15.7 Å². The number of hydrogen-bond donors (Lipinski definition) is 3. The topological polar surface area (TPSA) is 87.9 Å². The van der Waals surface area contributed by atoms with Gasteiger partial charge in [0.15, 0.2) is 0 Å². The third-order valence-electron chi connectivity index (χ3n) is 3.36. The van der Waals surface area contributed by atoms with Gasteiger partial charge in [-0.1, -0.05) is 6.07 Å². The van der Waals surface area contributed by atoms with Crippen molar-refractivity contribution in [3.63, 3.8) is 0 Å². The fourth-order valence-electron chi connectivity index (χ4n) is 2.01. The van der Waals surface area contributed by atoms with Gasteiger partial charge in [0.2, 0.25) is 0 Å². The minimum absolute atomic E-state index is 0.220. The molecule has 0 spiro atoms. The number of likely N-dealkylation sites (tertiary alicyclic amines) is 1. The molecule has 0 saturated carbocycles. The molecule has 0 aliphatic carbocycles. The number of quaternary nitrogens is 1. The Morgan fingerprint density at radius 1 is 1.29 bits per heavy atom. The molecule has 1 aromatic heterocycles. The van der Waals surface area contributed by atoms with Crippen LogP contribution in [0.25, 0.3) is 0 Å². The van der Waals surface area contributed by atoms with Gasteiger partial charge in [-0.3, -0.25) is 14.6 Å². The maximum atomic E-state index is 11.6. The molecular formula is C14H20N5O2+. The lowest BCUT2D eigenvalue weighted by Gasteiger charge is -2.20. The maximum absolute atomic E-state index is 11.6. The number of carbonyl (C=O) groups is 2. The summed E-state index contributed by atoms with van der Waals surface area (Å²) in [6, 6.07) is 5.39. The van der Waals surface area contributed by atoms with Crippen LogP contribution in [0.2, 0.25) is 0 Å². The van der Waals surface area contributed by atoms with Gasteiger partial charge in [0.05, 0.1) is 32.4 Å². The number of piperidine rings is 1. The van der Waals surface area contributed by atoms with Gasteiger partial charge in [-0.25, -0.2) is 5.43 Å². The Kier molecular flexibility index (Phi) is 5.39. The molecule has 21 heavy (non-hydrogen) atoms. The van der Waals surface area contributed by atoms with Gasteiger partial charge >= 0.3 is 11.8 Å². The highest BCUT2D eigenvalue weighted by molar-refractivity contribution is 6.35. The van der Waals surface area contributed by atoms with Crippen LogP contribution in [0.5, 0.6) is 0 Å². The summed E-state index contributed by atoms with van der Waals surface area (Å²) in [4.78, 5) is 28.7. The Balaban J connectivity index is 1.75. The number of rotatable bonds is 3. The minimum atomic E-state index is -0.746. The van der Waals surface area contributed by atoms with E-state index in [9.17, 15) is 9.59 Å². The van der Waals surface area contributed by atoms with Crippen molar-refractivity contribution < 1.29 is 14.5 Å². The van der Waals surface area contributed by atoms with E-state index in [0.29, 0.717) is 5.69 Å². The predicted octanol–water partition coefficient (Wildman–Crippen LogP) is -1.52. The molecule has 1 aromatic rings. The highest BCUT2D eigenvalue weighted by Gasteiger charge is 2.16. The van der Waals surface area contributed by atoms with Gasteiger partial charge in [-0.05, 0) is 12.1 Å². The molecule has 1 aliphatic heterocycles. The Hall–Kier alpha value is -2.28. The van der Waals surface area contributed by atoms with Crippen molar-refractivity contribution in [2.45, 2.75) is 19.4 Å². The quantitative estimate of drug-likeness (QED) is 0.466. The van der Waals surface area contributed by atoms with Gasteiger partial charge in [0, 0.05) is 24.8 Å². The van der Waals surface area contributed by atoms with E-state index in [0.717, 1.165) is 31.6 Å². The van der Waals surface area contributed by atoms with Crippen molar-refractivity contribution in [3.8, 4) is 0 Å². The molecule has 0 aromatic carbocycles. The summed E-state index contributed by atoms with van der Waals surface area (Å²) in [5, 5.41) is 6.53. The lowest BCUT2D eigenvalue weighted by Crippen LogP contribution is -3.10. The van der Waals surface area contributed by atoms with Crippen LogP contribution in [-0.4, -0.2) is 42.6 Å². The summed E-state index contributed by atoms with van der Waals surface area (Å²) in [5.74, 6) is -1.45. The van der Waals surface area contributed by atoms with Gasteiger partial charge in [-0.15, -0.1) is 0 Å². The molecule has 7 nitrogen and oxygen atoms in total. The first-order valence-corrected chi connectivity index (χ1v) is 7.00. The number of amides is 2. The monoisotopic (exact) mass is 290 g/mol. The van der Waals surface area contributed by atoms with Crippen molar-refractivity contribution in [3.05, 3.63) is 30.1 Å². The van der Waals surface area contributed by atoms with Crippen molar-refractivity contribution in [2.24, 2.45) is 5.10 Å². The molecule has 2 heterocycles. The van der Waals surface area contributed by atoms with E-state index in [1.54, 1.807) is 18.3 Å². The average Bonchev–Trinajstić information content (AvgIpc) is 2.52. The predicted molar refractivity (Wildman–Crippen MR) is 77.5 cm³/mol. The van der Waals surface area contributed by atoms with Crippen LogP contribution in [0.3, 0.4) is 0 Å². The Bertz CT molecular complexity index is 519. The van der Waals surface area contributed by atoms with Crippen molar-refractivity contribution in [1.29, 1.82) is 0 Å². The Labute approximate surface area is 123 Å². The smallest absolute Gasteiger partial charge is 0.329 e. The van der Waals surface area contributed by atoms with E-state index in [4.69, 9.17) is 0 Å². The van der Waals surface area contributed by atoms with E-state index in [1.165, 1.54) is 4.90 Å². The van der Waals surface area contributed by atoms with Crippen LogP contribution >= 0.6 is 0 Å². The molecule has 2 amide bonds. The highest BCUT2D eigenvalue weighted by Crippen LogP contribution is 1.94. The number of pyridine rings is 1. The Morgan fingerprint density at radius 2 is 2.05 bits per heavy atom. The number of nitrogens with zero attached hydrogens (tertiary/aromatic N) is 2. The van der Waals surface area contributed by atoms with Gasteiger partial charge < -0.3 is 10.2 Å². The third kappa shape index (κ3) is 4.96. The largest absolute Gasteiger partial charge is 0.342 e.